The van der Waals surface area contributed by atoms with Crippen molar-refractivity contribution in [2.45, 2.75) is 13.5 Å². The van der Waals surface area contributed by atoms with Crippen molar-refractivity contribution in [1.29, 1.82) is 0 Å². The fraction of sp³-hybridized carbons (Fsp3) is 0.0952. The molecule has 0 saturated carbocycles. The van der Waals surface area contributed by atoms with Gasteiger partial charge in [0.15, 0.2) is 0 Å². The highest BCUT2D eigenvalue weighted by Crippen LogP contribution is 2.33. The van der Waals surface area contributed by atoms with Crippen LogP contribution in [0.15, 0.2) is 67.1 Å². The first-order valence-corrected chi connectivity index (χ1v) is 8.82. The van der Waals surface area contributed by atoms with Crippen LogP contribution in [-0.4, -0.2) is 29.7 Å². The van der Waals surface area contributed by atoms with Crippen molar-refractivity contribution < 1.29 is 5.11 Å². The number of phenolic OH excluding ortho intramolecular Hbond substituents is 1. The molecule has 2 aromatic carbocycles. The Kier molecular flexibility index (Phi) is 3.43. The minimum atomic E-state index is 0.264. The van der Waals surface area contributed by atoms with Crippen molar-refractivity contribution in [3.63, 3.8) is 0 Å². The van der Waals surface area contributed by atoms with Gasteiger partial charge in [0, 0.05) is 46.3 Å². The van der Waals surface area contributed by atoms with Crippen LogP contribution >= 0.6 is 0 Å². The maximum absolute atomic E-state index is 9.97. The van der Waals surface area contributed by atoms with Gasteiger partial charge < -0.3 is 9.67 Å². The van der Waals surface area contributed by atoms with Crippen LogP contribution in [0.3, 0.4) is 0 Å². The highest BCUT2D eigenvalue weighted by Gasteiger charge is 2.14. The minimum absolute atomic E-state index is 0.264. The average molecular weight is 355 g/mol. The SMILES string of the molecule is CCn1c2ccc(O)cc2c2cc(-n3nncc3-c3cccnc3)ccc21. The van der Waals surface area contributed by atoms with Crippen LogP contribution in [0.25, 0.3) is 38.8 Å². The molecule has 0 aliphatic rings. The first-order chi connectivity index (χ1) is 13.3. The lowest BCUT2D eigenvalue weighted by Gasteiger charge is -2.07. The number of rotatable bonds is 3. The number of fused-ring (bicyclic) bond motifs is 3. The number of phenols is 1. The first kappa shape index (κ1) is 15.6. The highest BCUT2D eigenvalue weighted by atomic mass is 16.3. The number of hydrogen-bond acceptors (Lipinski definition) is 4. The molecule has 0 aliphatic heterocycles. The molecule has 0 saturated heterocycles. The van der Waals surface area contributed by atoms with Gasteiger partial charge in [0.05, 0.1) is 17.6 Å². The zero-order chi connectivity index (χ0) is 18.4. The summed E-state index contributed by atoms with van der Waals surface area (Å²) < 4.78 is 4.06. The number of aromatic hydroxyl groups is 1. The smallest absolute Gasteiger partial charge is 0.116 e. The quantitative estimate of drug-likeness (QED) is 0.527. The van der Waals surface area contributed by atoms with Crippen LogP contribution in [0.2, 0.25) is 0 Å². The zero-order valence-electron chi connectivity index (χ0n) is 14.7. The van der Waals surface area contributed by atoms with Gasteiger partial charge in [-0.2, -0.15) is 0 Å². The molecule has 0 spiro atoms. The van der Waals surface area contributed by atoms with Crippen molar-refractivity contribution in [3.8, 4) is 22.7 Å². The molecule has 6 heteroatoms. The Labute approximate surface area is 155 Å². The van der Waals surface area contributed by atoms with E-state index >= 15 is 0 Å². The fourth-order valence-electron chi connectivity index (χ4n) is 3.69. The summed E-state index contributed by atoms with van der Waals surface area (Å²) in [6.45, 7) is 2.98. The summed E-state index contributed by atoms with van der Waals surface area (Å²) in [5, 5.41) is 20.4. The molecule has 0 amide bonds. The molecule has 0 fully saturated rings. The van der Waals surface area contributed by atoms with Gasteiger partial charge in [0.2, 0.25) is 0 Å². The molecule has 5 rings (SSSR count). The fourth-order valence-corrected chi connectivity index (χ4v) is 3.69. The topological polar surface area (TPSA) is 68.8 Å². The molecule has 132 valence electrons. The van der Waals surface area contributed by atoms with Crippen LogP contribution in [0.4, 0.5) is 0 Å². The number of aromatic nitrogens is 5. The summed E-state index contributed by atoms with van der Waals surface area (Å²) in [5.41, 5.74) is 4.98. The molecule has 1 N–H and O–H groups in total. The molecular weight excluding hydrogens is 338 g/mol. The Morgan fingerprint density at radius 3 is 2.56 bits per heavy atom. The maximum Gasteiger partial charge on any atom is 0.116 e. The van der Waals surface area contributed by atoms with Gasteiger partial charge in [0.25, 0.3) is 0 Å². The van der Waals surface area contributed by atoms with E-state index in [1.165, 1.54) is 0 Å². The Balaban J connectivity index is 1.76. The van der Waals surface area contributed by atoms with E-state index < -0.39 is 0 Å². The van der Waals surface area contributed by atoms with E-state index in [-0.39, 0.29) is 5.75 Å². The number of pyridine rings is 1. The normalized spacial score (nSPS) is 11.4. The zero-order valence-corrected chi connectivity index (χ0v) is 14.7. The average Bonchev–Trinajstić information content (AvgIpc) is 3.31. The Morgan fingerprint density at radius 2 is 1.78 bits per heavy atom. The van der Waals surface area contributed by atoms with Crippen LogP contribution < -0.4 is 0 Å². The number of hydrogen-bond donors (Lipinski definition) is 1. The van der Waals surface area contributed by atoms with Crippen LogP contribution in [0, 0.1) is 0 Å². The highest BCUT2D eigenvalue weighted by molar-refractivity contribution is 6.09. The van der Waals surface area contributed by atoms with Crippen molar-refractivity contribution in [2.24, 2.45) is 0 Å². The van der Waals surface area contributed by atoms with E-state index in [0.29, 0.717) is 0 Å². The lowest BCUT2D eigenvalue weighted by molar-refractivity contribution is 0.476. The largest absolute Gasteiger partial charge is 0.508 e. The summed E-state index contributed by atoms with van der Waals surface area (Å²) in [7, 11) is 0. The first-order valence-electron chi connectivity index (χ1n) is 8.82. The standard InChI is InChI=1S/C21H17N5O/c1-2-25-19-7-5-15(10-17(19)18-11-16(27)6-8-20(18)25)26-21(13-23-24-26)14-4-3-9-22-12-14/h3-13,27H,2H2,1H3. The second-order valence-corrected chi connectivity index (χ2v) is 6.42. The molecule has 0 aliphatic carbocycles. The van der Waals surface area contributed by atoms with Crippen molar-refractivity contribution >= 4 is 21.8 Å². The Bertz CT molecular complexity index is 1270. The second-order valence-electron chi connectivity index (χ2n) is 6.42. The summed E-state index contributed by atoms with van der Waals surface area (Å²) in [4.78, 5) is 4.19. The van der Waals surface area contributed by atoms with Crippen LogP contribution in [0.5, 0.6) is 5.75 Å². The lowest BCUT2D eigenvalue weighted by Crippen LogP contribution is -2.00. The van der Waals surface area contributed by atoms with E-state index in [4.69, 9.17) is 0 Å². The third-order valence-corrected chi connectivity index (χ3v) is 4.90. The predicted molar refractivity (Wildman–Crippen MR) is 105 cm³/mol. The minimum Gasteiger partial charge on any atom is -0.508 e. The predicted octanol–water partition coefficient (Wildman–Crippen LogP) is 4.16. The van der Waals surface area contributed by atoms with Gasteiger partial charge >= 0.3 is 0 Å². The molecule has 27 heavy (non-hydrogen) atoms. The molecule has 6 nitrogen and oxygen atoms in total. The van der Waals surface area contributed by atoms with Crippen LogP contribution in [0.1, 0.15) is 6.92 Å². The Morgan fingerprint density at radius 1 is 0.963 bits per heavy atom. The second kappa shape index (κ2) is 5.95. The van der Waals surface area contributed by atoms with Gasteiger partial charge in [-0.25, -0.2) is 4.68 Å². The summed E-state index contributed by atoms with van der Waals surface area (Å²) in [6.07, 6.45) is 5.28. The summed E-state index contributed by atoms with van der Waals surface area (Å²) in [6, 6.07) is 15.6. The third kappa shape index (κ3) is 2.38. The van der Waals surface area contributed by atoms with Gasteiger partial charge in [-0.05, 0) is 55.5 Å². The molecule has 0 bridgehead atoms. The molecule has 3 heterocycles. The summed E-state index contributed by atoms with van der Waals surface area (Å²) >= 11 is 0. The summed E-state index contributed by atoms with van der Waals surface area (Å²) in [5.74, 6) is 0.264. The Hall–Kier alpha value is -3.67. The lowest BCUT2D eigenvalue weighted by atomic mass is 10.1. The van der Waals surface area contributed by atoms with E-state index in [2.05, 4.69) is 38.9 Å². The van der Waals surface area contributed by atoms with E-state index in [9.17, 15) is 5.11 Å². The van der Waals surface area contributed by atoms with Gasteiger partial charge in [-0.15, -0.1) is 5.10 Å². The molecule has 5 aromatic rings. The maximum atomic E-state index is 9.97. The van der Waals surface area contributed by atoms with Gasteiger partial charge in [-0.3, -0.25) is 4.98 Å². The van der Waals surface area contributed by atoms with Gasteiger partial charge in [-0.1, -0.05) is 5.21 Å². The molecule has 0 unspecified atom stereocenters. The monoisotopic (exact) mass is 355 g/mol. The van der Waals surface area contributed by atoms with Crippen molar-refractivity contribution in [3.05, 3.63) is 67.1 Å². The number of benzene rings is 2. The van der Waals surface area contributed by atoms with Crippen molar-refractivity contribution in [1.82, 2.24) is 24.5 Å². The molecular formula is C21H17N5O. The van der Waals surface area contributed by atoms with Gasteiger partial charge in [0.1, 0.15) is 5.75 Å². The molecule has 0 atom stereocenters. The number of aryl methyl sites for hydroxylation is 1. The van der Waals surface area contributed by atoms with Crippen LogP contribution in [-0.2, 0) is 6.54 Å². The third-order valence-electron chi connectivity index (χ3n) is 4.90. The molecule has 3 aromatic heterocycles. The van der Waals surface area contributed by atoms with E-state index in [1.54, 1.807) is 24.7 Å². The van der Waals surface area contributed by atoms with Crippen molar-refractivity contribution in [2.75, 3.05) is 0 Å². The van der Waals surface area contributed by atoms with E-state index in [0.717, 1.165) is 45.3 Å². The van der Waals surface area contributed by atoms with E-state index in [1.807, 2.05) is 35.0 Å². The number of nitrogens with zero attached hydrogens (tertiary/aromatic N) is 5. The molecule has 0 radical (unpaired) electrons.